The van der Waals surface area contributed by atoms with E-state index in [0.29, 0.717) is 24.3 Å². The van der Waals surface area contributed by atoms with Crippen LogP contribution in [0, 0.1) is 0 Å². The maximum Gasteiger partial charge on any atom is 0.275 e. The van der Waals surface area contributed by atoms with E-state index in [1.54, 1.807) is 11.8 Å². The highest BCUT2D eigenvalue weighted by atomic mass is 16.2. The molecular formula is C23H23N5O2. The molecule has 152 valence electrons. The van der Waals surface area contributed by atoms with Crippen LogP contribution in [0.4, 0.5) is 5.69 Å². The van der Waals surface area contributed by atoms with Gasteiger partial charge in [-0.1, -0.05) is 18.2 Å². The smallest absolute Gasteiger partial charge is 0.275 e. The third kappa shape index (κ3) is 2.90. The Bertz CT molecular complexity index is 1350. The Morgan fingerprint density at radius 3 is 2.90 bits per heavy atom. The molecule has 1 amide bonds. The van der Waals surface area contributed by atoms with Crippen LogP contribution in [-0.4, -0.2) is 33.5 Å². The molecule has 0 atom stereocenters. The van der Waals surface area contributed by atoms with Crippen molar-refractivity contribution in [2.45, 2.75) is 26.3 Å². The number of aromatic nitrogens is 3. The Labute approximate surface area is 173 Å². The lowest BCUT2D eigenvalue weighted by atomic mass is 10.1. The lowest BCUT2D eigenvalue weighted by Gasteiger charge is -2.15. The van der Waals surface area contributed by atoms with Crippen LogP contribution in [0.15, 0.2) is 47.4 Å². The molecule has 7 heteroatoms. The minimum atomic E-state index is -0.239. The van der Waals surface area contributed by atoms with Gasteiger partial charge >= 0.3 is 0 Å². The molecule has 2 aromatic carbocycles. The van der Waals surface area contributed by atoms with Crippen molar-refractivity contribution < 1.29 is 4.79 Å². The van der Waals surface area contributed by atoms with Crippen molar-refractivity contribution in [3.05, 3.63) is 58.5 Å². The number of fused-ring (bicyclic) bond motifs is 3. The van der Waals surface area contributed by atoms with Gasteiger partial charge in [-0.25, -0.2) is 4.98 Å². The molecular weight excluding hydrogens is 378 g/mol. The molecule has 0 saturated carbocycles. The summed E-state index contributed by atoms with van der Waals surface area (Å²) in [5.74, 6) is 0.00492. The first-order valence-electron chi connectivity index (χ1n) is 10.2. The number of anilines is 1. The van der Waals surface area contributed by atoms with Crippen molar-refractivity contribution in [1.29, 1.82) is 0 Å². The molecule has 3 N–H and O–H groups in total. The maximum atomic E-state index is 13.0. The third-order valence-corrected chi connectivity index (χ3v) is 5.81. The predicted molar refractivity (Wildman–Crippen MR) is 119 cm³/mol. The van der Waals surface area contributed by atoms with Crippen LogP contribution in [0.2, 0.25) is 0 Å². The molecule has 0 fully saturated rings. The molecule has 0 bridgehead atoms. The molecule has 0 aliphatic carbocycles. The van der Waals surface area contributed by atoms with Gasteiger partial charge in [0.15, 0.2) is 0 Å². The van der Waals surface area contributed by atoms with Crippen LogP contribution in [0.5, 0.6) is 0 Å². The molecule has 2 aromatic heterocycles. The molecule has 1 aliphatic heterocycles. The second kappa shape index (κ2) is 7.11. The molecule has 0 spiro atoms. The summed E-state index contributed by atoms with van der Waals surface area (Å²) in [5, 5.41) is 0.996. The molecule has 7 nitrogen and oxygen atoms in total. The Morgan fingerprint density at radius 1 is 1.27 bits per heavy atom. The number of rotatable bonds is 4. The van der Waals surface area contributed by atoms with Gasteiger partial charge in [0.25, 0.3) is 5.56 Å². The zero-order valence-corrected chi connectivity index (χ0v) is 16.8. The number of nitrogens with one attached hydrogen (secondary N) is 1. The van der Waals surface area contributed by atoms with Crippen molar-refractivity contribution in [3.63, 3.8) is 0 Å². The molecule has 0 unspecified atom stereocenters. The van der Waals surface area contributed by atoms with Gasteiger partial charge in [0.2, 0.25) is 5.91 Å². The van der Waals surface area contributed by atoms with E-state index in [9.17, 15) is 9.59 Å². The van der Waals surface area contributed by atoms with Gasteiger partial charge in [0.1, 0.15) is 5.69 Å². The minimum absolute atomic E-state index is 0.00492. The van der Waals surface area contributed by atoms with Crippen LogP contribution in [-0.2, 0) is 17.8 Å². The fourth-order valence-electron chi connectivity index (χ4n) is 4.36. The normalized spacial score (nSPS) is 13.3. The minimum Gasteiger partial charge on any atom is -0.347 e. The second-order valence-electron chi connectivity index (χ2n) is 7.73. The quantitative estimate of drug-likeness (QED) is 0.549. The fourth-order valence-corrected chi connectivity index (χ4v) is 4.36. The number of benzene rings is 2. The van der Waals surface area contributed by atoms with Crippen molar-refractivity contribution >= 4 is 33.5 Å². The van der Waals surface area contributed by atoms with Gasteiger partial charge in [-0.3, -0.25) is 9.59 Å². The van der Waals surface area contributed by atoms with Crippen molar-refractivity contribution in [2.75, 3.05) is 18.0 Å². The molecule has 1 aliphatic rings. The van der Waals surface area contributed by atoms with Crippen LogP contribution in [0.1, 0.15) is 18.9 Å². The van der Waals surface area contributed by atoms with Gasteiger partial charge in [-0.05, 0) is 43.1 Å². The van der Waals surface area contributed by atoms with Crippen molar-refractivity contribution in [2.24, 2.45) is 5.73 Å². The number of hydrogen-bond donors (Lipinski definition) is 2. The molecule has 0 saturated heterocycles. The monoisotopic (exact) mass is 401 g/mol. The summed E-state index contributed by atoms with van der Waals surface area (Å²) >= 11 is 0. The maximum absolute atomic E-state index is 13.0. The van der Waals surface area contributed by atoms with Gasteiger partial charge in [0.05, 0.1) is 11.0 Å². The van der Waals surface area contributed by atoms with E-state index in [4.69, 9.17) is 10.7 Å². The van der Waals surface area contributed by atoms with Crippen molar-refractivity contribution in [3.8, 4) is 11.3 Å². The van der Waals surface area contributed by atoms with E-state index >= 15 is 0 Å². The standard InChI is InChI=1S/C23H23N5O2/c1-14(29)28-10-7-15-11-18-19(12-21(15)28)26-23(30)22(25-18)17-13-27(9-4-8-24)20-6-3-2-5-16(17)20/h2-3,5-6,11-13H,4,7-10,24H2,1H3,(H,26,30). The number of carbonyl (C=O) groups excluding carboxylic acids is 1. The molecule has 30 heavy (non-hydrogen) atoms. The highest BCUT2D eigenvalue weighted by Crippen LogP contribution is 2.33. The average molecular weight is 401 g/mol. The van der Waals surface area contributed by atoms with Gasteiger partial charge in [-0.15, -0.1) is 0 Å². The lowest BCUT2D eigenvalue weighted by molar-refractivity contribution is -0.116. The summed E-state index contributed by atoms with van der Waals surface area (Å²) in [6.07, 6.45) is 3.65. The summed E-state index contributed by atoms with van der Waals surface area (Å²) < 4.78 is 2.14. The number of nitrogens with zero attached hydrogens (tertiary/aromatic N) is 3. The van der Waals surface area contributed by atoms with Crippen LogP contribution in [0.3, 0.4) is 0 Å². The number of amides is 1. The Morgan fingerprint density at radius 2 is 2.10 bits per heavy atom. The van der Waals surface area contributed by atoms with E-state index in [0.717, 1.165) is 52.6 Å². The summed E-state index contributed by atoms with van der Waals surface area (Å²) in [7, 11) is 0. The number of aromatic amines is 1. The van der Waals surface area contributed by atoms with Gasteiger partial charge in [-0.2, -0.15) is 0 Å². The number of para-hydroxylation sites is 1. The van der Waals surface area contributed by atoms with E-state index in [1.807, 2.05) is 42.6 Å². The lowest BCUT2D eigenvalue weighted by Crippen LogP contribution is -2.25. The van der Waals surface area contributed by atoms with E-state index in [1.165, 1.54) is 0 Å². The number of aryl methyl sites for hydroxylation is 1. The first-order chi connectivity index (χ1) is 14.6. The second-order valence-corrected chi connectivity index (χ2v) is 7.73. The summed E-state index contributed by atoms with van der Waals surface area (Å²) in [5.41, 5.74) is 11.0. The third-order valence-electron chi connectivity index (χ3n) is 5.81. The number of carbonyl (C=O) groups is 1. The number of hydrogen-bond acceptors (Lipinski definition) is 4. The number of nitrogens with two attached hydrogens (primary N) is 1. The van der Waals surface area contributed by atoms with Gasteiger partial charge < -0.3 is 20.2 Å². The molecule has 5 rings (SSSR count). The highest BCUT2D eigenvalue weighted by Gasteiger charge is 2.24. The zero-order valence-electron chi connectivity index (χ0n) is 16.8. The Hall–Kier alpha value is -3.45. The van der Waals surface area contributed by atoms with Crippen LogP contribution >= 0.6 is 0 Å². The van der Waals surface area contributed by atoms with Gasteiger partial charge in [0, 0.05) is 48.4 Å². The summed E-state index contributed by atoms with van der Waals surface area (Å²) in [6.45, 7) is 3.62. The number of H-pyrrole nitrogens is 1. The average Bonchev–Trinajstić information content (AvgIpc) is 3.31. The van der Waals surface area contributed by atoms with Crippen LogP contribution in [0.25, 0.3) is 33.2 Å². The fraction of sp³-hybridized carbons (Fsp3) is 0.261. The van der Waals surface area contributed by atoms with E-state index < -0.39 is 0 Å². The Balaban J connectivity index is 1.68. The largest absolute Gasteiger partial charge is 0.347 e. The summed E-state index contributed by atoms with van der Waals surface area (Å²) in [4.78, 5) is 34.3. The molecule has 3 heterocycles. The van der Waals surface area contributed by atoms with E-state index in [2.05, 4.69) is 9.55 Å². The zero-order chi connectivity index (χ0) is 20.8. The molecule has 4 aromatic rings. The first kappa shape index (κ1) is 18.6. The Kier molecular flexibility index (Phi) is 4.40. The SMILES string of the molecule is CC(=O)N1CCc2cc3nc(-c4cn(CCCN)c5ccccc45)c(=O)[nH]c3cc21. The molecule has 0 radical (unpaired) electrons. The predicted octanol–water partition coefficient (Wildman–Crippen LogP) is 2.80. The van der Waals surface area contributed by atoms with E-state index in [-0.39, 0.29) is 11.5 Å². The van der Waals surface area contributed by atoms with Crippen molar-refractivity contribution in [1.82, 2.24) is 14.5 Å². The summed E-state index contributed by atoms with van der Waals surface area (Å²) in [6, 6.07) is 11.9. The van der Waals surface area contributed by atoms with Crippen LogP contribution < -0.4 is 16.2 Å². The topological polar surface area (TPSA) is 97.0 Å². The first-order valence-corrected chi connectivity index (χ1v) is 10.2. The highest BCUT2D eigenvalue weighted by molar-refractivity contribution is 5.98.